The predicted octanol–water partition coefficient (Wildman–Crippen LogP) is 6.63. The summed E-state index contributed by atoms with van der Waals surface area (Å²) < 4.78 is 119. The molecule has 39 heavy (non-hydrogen) atoms. The van der Waals surface area contributed by atoms with Gasteiger partial charge in [0.15, 0.2) is 5.65 Å². The fourth-order valence-electron chi connectivity index (χ4n) is 3.90. The maximum absolute atomic E-state index is 13.8. The van der Waals surface area contributed by atoms with Crippen LogP contribution in [0.25, 0.3) is 28.6 Å². The third kappa shape index (κ3) is 5.22. The molecule has 0 aliphatic carbocycles. The number of halogens is 9. The Bertz CT molecular complexity index is 1580. The van der Waals surface area contributed by atoms with Crippen molar-refractivity contribution in [1.29, 1.82) is 0 Å². The molecule has 1 atom stereocenters. The summed E-state index contributed by atoms with van der Waals surface area (Å²) >= 11 is 5.92. The minimum atomic E-state index is -4.89. The van der Waals surface area contributed by atoms with Gasteiger partial charge in [0, 0.05) is 24.4 Å². The Morgan fingerprint density at radius 2 is 1.85 bits per heavy atom. The molecule has 4 heterocycles. The van der Waals surface area contributed by atoms with Crippen LogP contribution in [0.3, 0.4) is 0 Å². The molecular formula is C23H14ClF8N5O2. The molecule has 206 valence electrons. The first-order valence-electron chi connectivity index (χ1n) is 10.9. The molecule has 0 saturated carbocycles. The standard InChI is InChI=1S/C23H14ClF8N5O2/c1-10-21(25,26)6-13(33-10)9-38-17-3-2-11(4-14(17)23(30,31)32)20-35-18(36-39-20)16-8-37-7-12(22(27,28)29)5-15(24)19(37)34-16/h2-5,7-8,13,33H,1,6,9H2/t13-/m0/s1. The van der Waals surface area contributed by atoms with Gasteiger partial charge in [-0.3, -0.25) is 0 Å². The Balaban J connectivity index is 1.41. The van der Waals surface area contributed by atoms with Crippen LogP contribution in [-0.2, 0) is 12.4 Å². The highest BCUT2D eigenvalue weighted by atomic mass is 35.5. The number of aromatic nitrogens is 4. The molecule has 1 aliphatic rings. The number of ether oxygens (including phenoxy) is 1. The van der Waals surface area contributed by atoms with Crippen LogP contribution < -0.4 is 10.1 Å². The highest BCUT2D eigenvalue weighted by Crippen LogP contribution is 2.40. The van der Waals surface area contributed by atoms with Crippen molar-refractivity contribution in [3.8, 4) is 28.7 Å². The Kier molecular flexibility index (Phi) is 6.24. The van der Waals surface area contributed by atoms with Crippen LogP contribution in [0.1, 0.15) is 17.5 Å². The van der Waals surface area contributed by atoms with E-state index >= 15 is 0 Å². The molecule has 1 aliphatic heterocycles. The zero-order valence-electron chi connectivity index (χ0n) is 19.2. The van der Waals surface area contributed by atoms with Crippen molar-refractivity contribution < 1.29 is 44.4 Å². The molecule has 4 aromatic rings. The summed E-state index contributed by atoms with van der Waals surface area (Å²) in [5.74, 6) is -4.38. The monoisotopic (exact) mass is 579 g/mol. The predicted molar refractivity (Wildman–Crippen MR) is 120 cm³/mol. The molecule has 16 heteroatoms. The average molecular weight is 580 g/mol. The first-order chi connectivity index (χ1) is 18.1. The molecule has 1 saturated heterocycles. The number of imidazole rings is 1. The molecule has 5 rings (SSSR count). The maximum Gasteiger partial charge on any atom is 0.419 e. The second-order valence-corrected chi connectivity index (χ2v) is 9.01. The molecule has 1 N–H and O–H groups in total. The molecule has 0 unspecified atom stereocenters. The molecule has 0 bridgehead atoms. The van der Waals surface area contributed by atoms with E-state index in [1.54, 1.807) is 0 Å². The van der Waals surface area contributed by atoms with Gasteiger partial charge < -0.3 is 19.0 Å². The van der Waals surface area contributed by atoms with Gasteiger partial charge in [-0.1, -0.05) is 23.3 Å². The molecule has 3 aromatic heterocycles. The lowest BCUT2D eigenvalue weighted by Gasteiger charge is -2.17. The molecule has 1 aromatic carbocycles. The van der Waals surface area contributed by atoms with Gasteiger partial charge in [0.2, 0.25) is 5.82 Å². The van der Waals surface area contributed by atoms with Crippen molar-refractivity contribution >= 4 is 17.2 Å². The van der Waals surface area contributed by atoms with E-state index in [0.717, 1.165) is 22.9 Å². The van der Waals surface area contributed by atoms with E-state index in [-0.39, 0.29) is 33.6 Å². The zero-order valence-corrected chi connectivity index (χ0v) is 19.9. The molecule has 0 spiro atoms. The summed E-state index contributed by atoms with van der Waals surface area (Å²) in [5.41, 5.74) is -3.03. The summed E-state index contributed by atoms with van der Waals surface area (Å²) in [4.78, 5) is 8.08. The van der Waals surface area contributed by atoms with Crippen LogP contribution >= 0.6 is 11.6 Å². The number of nitrogens with zero attached hydrogens (tertiary/aromatic N) is 4. The number of hydrogen-bond acceptors (Lipinski definition) is 6. The van der Waals surface area contributed by atoms with Crippen molar-refractivity contribution in [2.75, 3.05) is 6.61 Å². The van der Waals surface area contributed by atoms with Gasteiger partial charge in [-0.25, -0.2) is 4.98 Å². The Hall–Kier alpha value is -3.88. The molecule has 0 radical (unpaired) electrons. The van der Waals surface area contributed by atoms with E-state index in [1.807, 2.05) is 0 Å². The van der Waals surface area contributed by atoms with Crippen molar-refractivity contribution in [3.63, 3.8) is 0 Å². The van der Waals surface area contributed by atoms with E-state index in [1.165, 1.54) is 6.07 Å². The number of fused-ring (bicyclic) bond motifs is 1. The fraction of sp³-hybridized carbons (Fsp3) is 0.261. The third-order valence-electron chi connectivity index (χ3n) is 5.78. The van der Waals surface area contributed by atoms with Crippen LogP contribution in [0.4, 0.5) is 35.1 Å². The second-order valence-electron chi connectivity index (χ2n) is 8.60. The van der Waals surface area contributed by atoms with Gasteiger partial charge in [-0.2, -0.15) is 40.1 Å². The summed E-state index contributed by atoms with van der Waals surface area (Å²) in [7, 11) is 0. The van der Waals surface area contributed by atoms with Crippen LogP contribution in [0.2, 0.25) is 5.02 Å². The number of nitrogens with one attached hydrogen (secondary N) is 1. The van der Waals surface area contributed by atoms with Gasteiger partial charge in [-0.05, 0) is 24.3 Å². The number of rotatable bonds is 5. The summed E-state index contributed by atoms with van der Waals surface area (Å²) in [5, 5.41) is 5.75. The highest BCUT2D eigenvalue weighted by molar-refractivity contribution is 6.33. The van der Waals surface area contributed by atoms with Gasteiger partial charge in [0.25, 0.3) is 11.8 Å². The van der Waals surface area contributed by atoms with Gasteiger partial charge in [0.05, 0.1) is 27.9 Å². The second kappa shape index (κ2) is 9.10. The Labute approximate surface area is 218 Å². The van der Waals surface area contributed by atoms with Crippen molar-refractivity contribution in [2.45, 2.75) is 30.7 Å². The van der Waals surface area contributed by atoms with Crippen molar-refractivity contribution in [1.82, 2.24) is 24.8 Å². The SMILES string of the molecule is C=C1N[C@H](COc2ccc(-c3nc(-c4cn5cc(C(F)(F)F)cc(Cl)c5n4)no3)cc2C(F)(F)F)CC1(F)F. The topological polar surface area (TPSA) is 77.5 Å². The van der Waals surface area contributed by atoms with Crippen LogP contribution in [0, 0.1) is 0 Å². The minimum absolute atomic E-state index is 0.0371. The van der Waals surface area contributed by atoms with Crippen LogP contribution in [0.15, 0.2) is 53.5 Å². The van der Waals surface area contributed by atoms with Crippen molar-refractivity contribution in [2.24, 2.45) is 0 Å². The quantitative estimate of drug-likeness (QED) is 0.267. The highest BCUT2D eigenvalue weighted by Gasteiger charge is 2.44. The lowest BCUT2D eigenvalue weighted by Crippen LogP contribution is -2.27. The van der Waals surface area contributed by atoms with Gasteiger partial charge in [-0.15, -0.1) is 0 Å². The smallest absolute Gasteiger partial charge is 0.419 e. The van der Waals surface area contributed by atoms with E-state index in [4.69, 9.17) is 20.9 Å². The maximum atomic E-state index is 13.8. The van der Waals surface area contributed by atoms with Crippen molar-refractivity contribution in [3.05, 3.63) is 65.1 Å². The summed E-state index contributed by atoms with van der Waals surface area (Å²) in [6.45, 7) is 2.71. The lowest BCUT2D eigenvalue weighted by molar-refractivity contribution is -0.139. The minimum Gasteiger partial charge on any atom is -0.491 e. The third-order valence-corrected chi connectivity index (χ3v) is 6.06. The molecular weight excluding hydrogens is 566 g/mol. The average Bonchev–Trinajstić information content (AvgIpc) is 3.54. The van der Waals surface area contributed by atoms with E-state index in [9.17, 15) is 35.1 Å². The first kappa shape index (κ1) is 26.7. The van der Waals surface area contributed by atoms with Crippen LogP contribution in [-0.4, -0.2) is 38.1 Å². The molecule has 7 nitrogen and oxygen atoms in total. The molecule has 1 fully saturated rings. The Morgan fingerprint density at radius 1 is 1.10 bits per heavy atom. The number of benzene rings is 1. The van der Waals surface area contributed by atoms with Gasteiger partial charge in [0.1, 0.15) is 18.1 Å². The van der Waals surface area contributed by atoms with E-state index in [0.29, 0.717) is 12.1 Å². The van der Waals surface area contributed by atoms with E-state index < -0.39 is 59.9 Å². The number of pyridine rings is 1. The number of alkyl halides is 8. The lowest BCUT2D eigenvalue weighted by atomic mass is 10.1. The number of allylic oxidation sites excluding steroid dienone is 1. The molecule has 0 amide bonds. The zero-order chi connectivity index (χ0) is 28.3. The summed E-state index contributed by atoms with van der Waals surface area (Å²) in [6.07, 6.45) is -8.33. The van der Waals surface area contributed by atoms with Gasteiger partial charge >= 0.3 is 12.4 Å². The largest absolute Gasteiger partial charge is 0.491 e. The van der Waals surface area contributed by atoms with E-state index in [2.05, 4.69) is 27.0 Å². The summed E-state index contributed by atoms with van der Waals surface area (Å²) in [6, 6.07) is 2.60. The fourth-order valence-corrected chi connectivity index (χ4v) is 4.16. The Morgan fingerprint density at radius 3 is 2.49 bits per heavy atom. The number of hydrogen-bond donors (Lipinski definition) is 1. The normalized spacial score (nSPS) is 17.6. The first-order valence-corrected chi connectivity index (χ1v) is 11.3. The van der Waals surface area contributed by atoms with Crippen LogP contribution in [0.5, 0.6) is 5.75 Å².